The van der Waals surface area contributed by atoms with E-state index in [-0.39, 0.29) is 12.5 Å². The van der Waals surface area contributed by atoms with Crippen molar-refractivity contribution in [3.8, 4) is 0 Å². The molecule has 2 aromatic rings. The highest BCUT2D eigenvalue weighted by Crippen LogP contribution is 2.27. The second kappa shape index (κ2) is 8.70. The average molecular weight is 368 g/mol. The number of guanidine groups is 1. The molecule has 1 aromatic carbocycles. The van der Waals surface area contributed by atoms with Gasteiger partial charge in [0.1, 0.15) is 0 Å². The van der Waals surface area contributed by atoms with Gasteiger partial charge in [0.25, 0.3) is 0 Å². The number of anilines is 1. The Bertz CT molecular complexity index is 826. The fourth-order valence-electron chi connectivity index (χ4n) is 3.41. The third-order valence-electron chi connectivity index (χ3n) is 4.76. The Morgan fingerprint density at radius 1 is 1.26 bits per heavy atom. The van der Waals surface area contributed by atoms with Gasteiger partial charge in [0.05, 0.1) is 12.2 Å². The molecule has 1 aliphatic rings. The summed E-state index contributed by atoms with van der Waals surface area (Å²) in [5, 5.41) is 10.8. The highest BCUT2D eigenvalue weighted by atomic mass is 16.2. The molecule has 0 radical (unpaired) electrons. The third kappa shape index (κ3) is 4.67. The Balaban J connectivity index is 1.42. The van der Waals surface area contributed by atoms with E-state index < -0.39 is 0 Å². The number of carbonyl (C=O) groups is 1. The van der Waals surface area contributed by atoms with E-state index >= 15 is 0 Å². The van der Waals surface area contributed by atoms with Gasteiger partial charge in [0, 0.05) is 38.1 Å². The molecule has 0 fully saturated rings. The van der Waals surface area contributed by atoms with E-state index in [1.807, 2.05) is 34.7 Å². The van der Waals surface area contributed by atoms with Crippen LogP contribution in [0.2, 0.25) is 0 Å². The zero-order valence-corrected chi connectivity index (χ0v) is 16.3. The first-order valence-electron chi connectivity index (χ1n) is 9.42. The molecule has 144 valence electrons. The van der Waals surface area contributed by atoms with E-state index in [9.17, 15) is 4.79 Å². The van der Waals surface area contributed by atoms with Gasteiger partial charge in [-0.2, -0.15) is 5.10 Å². The van der Waals surface area contributed by atoms with Crippen molar-refractivity contribution < 1.29 is 4.79 Å². The largest absolute Gasteiger partial charge is 0.356 e. The van der Waals surface area contributed by atoms with Crippen LogP contribution in [0.25, 0.3) is 0 Å². The first kappa shape index (κ1) is 18.9. The van der Waals surface area contributed by atoms with E-state index in [1.54, 1.807) is 7.05 Å². The van der Waals surface area contributed by atoms with Crippen LogP contribution in [0.3, 0.4) is 0 Å². The van der Waals surface area contributed by atoms with Gasteiger partial charge < -0.3 is 15.5 Å². The summed E-state index contributed by atoms with van der Waals surface area (Å²) in [6.07, 6.45) is 1.84. The van der Waals surface area contributed by atoms with Crippen LogP contribution >= 0.6 is 0 Å². The second-order valence-electron chi connectivity index (χ2n) is 6.78. The van der Waals surface area contributed by atoms with Gasteiger partial charge in [0.15, 0.2) is 5.96 Å². The summed E-state index contributed by atoms with van der Waals surface area (Å²) in [5.41, 5.74) is 4.47. The fourth-order valence-corrected chi connectivity index (χ4v) is 3.41. The predicted molar refractivity (Wildman–Crippen MR) is 108 cm³/mol. The van der Waals surface area contributed by atoms with Crippen molar-refractivity contribution >= 4 is 17.6 Å². The molecule has 1 aliphatic heterocycles. The number of aliphatic imine (C=N–C) groups is 1. The Kier molecular flexibility index (Phi) is 6.11. The number of amides is 1. The normalized spacial score (nSPS) is 13.6. The molecular formula is C20H28N6O. The number of nitrogens with zero attached hydrogens (tertiary/aromatic N) is 4. The Labute approximate surface area is 160 Å². The summed E-state index contributed by atoms with van der Waals surface area (Å²) in [7, 11) is 1.71. The molecule has 2 N–H and O–H groups in total. The quantitative estimate of drug-likeness (QED) is 0.462. The predicted octanol–water partition coefficient (Wildman–Crippen LogP) is 1.64. The van der Waals surface area contributed by atoms with Gasteiger partial charge in [-0.25, -0.2) is 0 Å². The summed E-state index contributed by atoms with van der Waals surface area (Å²) < 4.78 is 2.02. The van der Waals surface area contributed by atoms with Crippen LogP contribution in [0.4, 0.5) is 5.69 Å². The van der Waals surface area contributed by atoms with Crippen molar-refractivity contribution in [2.75, 3.05) is 31.6 Å². The van der Waals surface area contributed by atoms with Crippen molar-refractivity contribution in [1.29, 1.82) is 0 Å². The van der Waals surface area contributed by atoms with Crippen LogP contribution in [0.5, 0.6) is 0 Å². The number of aryl methyl sites for hydroxylation is 3. The van der Waals surface area contributed by atoms with Crippen LogP contribution in [-0.2, 0) is 17.8 Å². The lowest BCUT2D eigenvalue weighted by molar-refractivity contribution is -0.117. The lowest BCUT2D eigenvalue weighted by Gasteiger charge is -2.18. The van der Waals surface area contributed by atoms with Gasteiger partial charge in [-0.3, -0.25) is 14.5 Å². The minimum atomic E-state index is 0.0607. The number of fused-ring (bicyclic) bond motifs is 1. The molecule has 0 saturated heterocycles. The van der Waals surface area contributed by atoms with Crippen molar-refractivity contribution in [3.63, 3.8) is 0 Å². The Hall–Kier alpha value is -2.83. The number of hydrogen-bond donors (Lipinski definition) is 2. The standard InChI is InChI=1S/C20H28N6O/c1-15-13-16(2)26(24-15)11-6-10-22-20(21-3)23-14-19(27)25-12-9-17-7-4-5-8-18(17)25/h4-5,7-8,13H,6,9-12,14H2,1-3H3,(H2,21,22,23). The monoisotopic (exact) mass is 368 g/mol. The van der Waals surface area contributed by atoms with E-state index in [1.165, 1.54) is 11.3 Å². The third-order valence-corrected chi connectivity index (χ3v) is 4.76. The average Bonchev–Trinajstić information content (AvgIpc) is 3.23. The molecule has 7 heteroatoms. The van der Waals surface area contributed by atoms with Gasteiger partial charge in [-0.15, -0.1) is 0 Å². The summed E-state index contributed by atoms with van der Waals surface area (Å²) in [5.74, 6) is 0.703. The molecule has 3 rings (SSSR count). The minimum absolute atomic E-state index is 0.0607. The first-order chi connectivity index (χ1) is 13.1. The smallest absolute Gasteiger partial charge is 0.246 e. The number of nitrogens with one attached hydrogen (secondary N) is 2. The molecule has 0 saturated carbocycles. The SMILES string of the molecule is CN=C(NCCCn1nc(C)cc1C)NCC(=O)N1CCc2ccccc21. The van der Waals surface area contributed by atoms with Gasteiger partial charge in [0.2, 0.25) is 5.91 Å². The summed E-state index contributed by atoms with van der Waals surface area (Å²) in [6, 6.07) is 10.2. The molecule has 1 amide bonds. The van der Waals surface area contributed by atoms with Crippen LogP contribution in [0.15, 0.2) is 35.3 Å². The number of rotatable bonds is 6. The fraction of sp³-hybridized carbons (Fsp3) is 0.450. The van der Waals surface area contributed by atoms with Crippen LogP contribution in [0, 0.1) is 13.8 Å². The van der Waals surface area contributed by atoms with Gasteiger partial charge in [-0.1, -0.05) is 18.2 Å². The molecule has 0 bridgehead atoms. The summed E-state index contributed by atoms with van der Waals surface area (Å²) in [4.78, 5) is 18.6. The molecule has 0 aliphatic carbocycles. The maximum Gasteiger partial charge on any atom is 0.246 e. The highest BCUT2D eigenvalue weighted by molar-refractivity contribution is 5.98. The number of para-hydroxylation sites is 1. The van der Waals surface area contributed by atoms with Crippen LogP contribution < -0.4 is 15.5 Å². The molecule has 1 aromatic heterocycles. The van der Waals surface area contributed by atoms with E-state index in [0.717, 1.165) is 43.9 Å². The molecule has 27 heavy (non-hydrogen) atoms. The maximum absolute atomic E-state index is 12.6. The molecular weight excluding hydrogens is 340 g/mol. The maximum atomic E-state index is 12.6. The van der Waals surface area contributed by atoms with Crippen molar-refractivity contribution in [2.24, 2.45) is 4.99 Å². The number of aromatic nitrogens is 2. The summed E-state index contributed by atoms with van der Waals surface area (Å²) in [6.45, 7) is 6.66. The highest BCUT2D eigenvalue weighted by Gasteiger charge is 2.23. The van der Waals surface area contributed by atoms with Crippen molar-refractivity contribution in [1.82, 2.24) is 20.4 Å². The second-order valence-corrected chi connectivity index (χ2v) is 6.78. The molecule has 0 atom stereocenters. The number of carbonyl (C=O) groups excluding carboxylic acids is 1. The number of hydrogen-bond acceptors (Lipinski definition) is 3. The molecule has 7 nitrogen and oxygen atoms in total. The Morgan fingerprint density at radius 3 is 2.81 bits per heavy atom. The first-order valence-corrected chi connectivity index (χ1v) is 9.42. The lowest BCUT2D eigenvalue weighted by Crippen LogP contribution is -2.44. The van der Waals surface area contributed by atoms with Crippen LogP contribution in [0.1, 0.15) is 23.4 Å². The molecule has 0 spiro atoms. The Morgan fingerprint density at radius 2 is 2.07 bits per heavy atom. The van der Waals surface area contributed by atoms with Crippen molar-refractivity contribution in [3.05, 3.63) is 47.3 Å². The zero-order chi connectivity index (χ0) is 19.2. The van der Waals surface area contributed by atoms with Crippen LogP contribution in [-0.4, -0.2) is 48.3 Å². The van der Waals surface area contributed by atoms with Gasteiger partial charge >= 0.3 is 0 Å². The van der Waals surface area contributed by atoms with E-state index in [2.05, 4.69) is 39.8 Å². The summed E-state index contributed by atoms with van der Waals surface area (Å²) >= 11 is 0. The zero-order valence-electron chi connectivity index (χ0n) is 16.3. The topological polar surface area (TPSA) is 74.5 Å². The van der Waals surface area contributed by atoms with E-state index in [4.69, 9.17) is 0 Å². The molecule has 2 heterocycles. The van der Waals surface area contributed by atoms with Gasteiger partial charge in [-0.05, 0) is 44.4 Å². The van der Waals surface area contributed by atoms with E-state index in [0.29, 0.717) is 5.96 Å². The molecule has 0 unspecified atom stereocenters. The lowest BCUT2D eigenvalue weighted by atomic mass is 10.2. The minimum Gasteiger partial charge on any atom is -0.356 e. The van der Waals surface area contributed by atoms with Crippen molar-refractivity contribution in [2.45, 2.75) is 33.2 Å². The number of benzene rings is 1.